The lowest BCUT2D eigenvalue weighted by molar-refractivity contribution is -0.119. The number of nitrogens with one attached hydrogen (secondary N) is 2. The van der Waals surface area contributed by atoms with E-state index in [1.54, 1.807) is 23.0 Å². The zero-order valence-electron chi connectivity index (χ0n) is 13.9. The largest absolute Gasteiger partial charge is 0.373 e. The van der Waals surface area contributed by atoms with Gasteiger partial charge in [0.25, 0.3) is 0 Å². The zero-order valence-corrected chi connectivity index (χ0v) is 13.9. The molecule has 1 heterocycles. The molecule has 0 spiro atoms. The second kappa shape index (κ2) is 7.61. The predicted molar refractivity (Wildman–Crippen MR) is 95.4 cm³/mol. The Morgan fingerprint density at radius 1 is 1.12 bits per heavy atom. The van der Waals surface area contributed by atoms with Crippen molar-refractivity contribution < 1.29 is 9.18 Å². The van der Waals surface area contributed by atoms with Crippen molar-refractivity contribution in [2.75, 3.05) is 11.9 Å². The summed E-state index contributed by atoms with van der Waals surface area (Å²) in [6.07, 6.45) is 1.70. The molecule has 0 radical (unpaired) electrons. The summed E-state index contributed by atoms with van der Waals surface area (Å²) in [6.45, 7) is 0.492. The van der Waals surface area contributed by atoms with Crippen LogP contribution >= 0.6 is 0 Å². The Hall–Kier alpha value is -3.15. The number of amides is 1. The van der Waals surface area contributed by atoms with Crippen LogP contribution in [0.2, 0.25) is 0 Å². The molecule has 0 unspecified atom stereocenters. The Morgan fingerprint density at radius 2 is 1.84 bits per heavy atom. The summed E-state index contributed by atoms with van der Waals surface area (Å²) in [5, 5.41) is 10.2. The summed E-state index contributed by atoms with van der Waals surface area (Å²) in [5.74, 6) is -0.436. The number of carbonyl (C=O) groups is 1. The fraction of sp³-hybridized carbons (Fsp3) is 0.158. The highest BCUT2D eigenvalue weighted by Crippen LogP contribution is 2.26. The van der Waals surface area contributed by atoms with Crippen LogP contribution in [0, 0.1) is 5.82 Å². The first-order valence-corrected chi connectivity index (χ1v) is 7.96. The molecule has 0 bridgehead atoms. The van der Waals surface area contributed by atoms with E-state index in [9.17, 15) is 9.18 Å². The van der Waals surface area contributed by atoms with Crippen molar-refractivity contribution >= 4 is 11.6 Å². The van der Waals surface area contributed by atoms with Crippen LogP contribution in [0.1, 0.15) is 5.56 Å². The van der Waals surface area contributed by atoms with Crippen molar-refractivity contribution in [3.63, 3.8) is 0 Å². The second-order valence-corrected chi connectivity index (χ2v) is 5.65. The van der Waals surface area contributed by atoms with Gasteiger partial charge in [-0.3, -0.25) is 9.48 Å². The summed E-state index contributed by atoms with van der Waals surface area (Å²) < 4.78 is 14.6. The third-order valence-corrected chi connectivity index (χ3v) is 3.83. The van der Waals surface area contributed by atoms with E-state index in [0.717, 1.165) is 22.5 Å². The minimum atomic E-state index is -0.290. The maximum Gasteiger partial charge on any atom is 0.239 e. The van der Waals surface area contributed by atoms with Crippen LogP contribution < -0.4 is 10.6 Å². The molecule has 128 valence electrons. The van der Waals surface area contributed by atoms with E-state index >= 15 is 0 Å². The molecule has 5 nitrogen and oxygen atoms in total. The number of aryl methyl sites for hydroxylation is 1. The molecule has 3 rings (SSSR count). The van der Waals surface area contributed by atoms with E-state index in [1.165, 1.54) is 12.1 Å². The van der Waals surface area contributed by atoms with Crippen LogP contribution in [-0.2, 0) is 18.4 Å². The van der Waals surface area contributed by atoms with E-state index in [4.69, 9.17) is 0 Å². The minimum Gasteiger partial charge on any atom is -0.373 e. The molecule has 2 N–H and O–H groups in total. The van der Waals surface area contributed by atoms with Gasteiger partial charge in [-0.2, -0.15) is 5.10 Å². The Morgan fingerprint density at radius 3 is 2.56 bits per heavy atom. The summed E-state index contributed by atoms with van der Waals surface area (Å²) in [6, 6.07) is 15.9. The van der Waals surface area contributed by atoms with Crippen LogP contribution in [0.4, 0.5) is 10.1 Å². The number of carbonyl (C=O) groups excluding carboxylic acids is 1. The molecule has 6 heteroatoms. The van der Waals surface area contributed by atoms with Gasteiger partial charge in [0.15, 0.2) is 0 Å². The van der Waals surface area contributed by atoms with Gasteiger partial charge in [0, 0.05) is 19.2 Å². The third-order valence-electron chi connectivity index (χ3n) is 3.83. The maximum atomic E-state index is 12.9. The van der Waals surface area contributed by atoms with Gasteiger partial charge in [-0.05, 0) is 17.7 Å². The predicted octanol–water partition coefficient (Wildman–Crippen LogP) is 2.95. The fourth-order valence-corrected chi connectivity index (χ4v) is 2.55. The first-order valence-electron chi connectivity index (χ1n) is 7.96. The molecule has 0 aliphatic rings. The van der Waals surface area contributed by atoms with Crippen molar-refractivity contribution in [2.45, 2.75) is 6.54 Å². The lowest BCUT2D eigenvalue weighted by atomic mass is 10.1. The molecule has 0 saturated heterocycles. The molecule has 0 saturated carbocycles. The summed E-state index contributed by atoms with van der Waals surface area (Å²) in [5.41, 5.74) is 3.59. The molecule has 1 amide bonds. The molecule has 0 aliphatic heterocycles. The van der Waals surface area contributed by atoms with E-state index in [0.29, 0.717) is 6.54 Å². The van der Waals surface area contributed by atoms with Crippen LogP contribution in [0.5, 0.6) is 0 Å². The van der Waals surface area contributed by atoms with Gasteiger partial charge < -0.3 is 10.6 Å². The lowest BCUT2D eigenvalue weighted by Crippen LogP contribution is -2.29. The highest BCUT2D eigenvalue weighted by molar-refractivity contribution is 5.83. The lowest BCUT2D eigenvalue weighted by Gasteiger charge is -2.10. The highest BCUT2D eigenvalue weighted by atomic mass is 19.1. The van der Waals surface area contributed by atoms with E-state index in [1.807, 2.05) is 37.4 Å². The number of aromatic nitrogens is 2. The quantitative estimate of drug-likeness (QED) is 0.726. The van der Waals surface area contributed by atoms with Crippen LogP contribution in [0.3, 0.4) is 0 Å². The number of anilines is 1. The van der Waals surface area contributed by atoms with Gasteiger partial charge >= 0.3 is 0 Å². The number of hydrogen-bond donors (Lipinski definition) is 2. The van der Waals surface area contributed by atoms with Crippen LogP contribution in [0.15, 0.2) is 60.8 Å². The Labute approximate surface area is 145 Å². The smallest absolute Gasteiger partial charge is 0.239 e. The van der Waals surface area contributed by atoms with E-state index in [-0.39, 0.29) is 18.3 Å². The third kappa shape index (κ3) is 4.23. The van der Waals surface area contributed by atoms with Gasteiger partial charge in [-0.1, -0.05) is 42.5 Å². The molecule has 0 aliphatic carbocycles. The number of hydrogen-bond acceptors (Lipinski definition) is 3. The van der Waals surface area contributed by atoms with Gasteiger partial charge in [-0.25, -0.2) is 4.39 Å². The van der Waals surface area contributed by atoms with Crippen LogP contribution in [-0.4, -0.2) is 22.2 Å². The van der Waals surface area contributed by atoms with Crippen molar-refractivity contribution in [2.24, 2.45) is 7.05 Å². The molecule has 25 heavy (non-hydrogen) atoms. The normalized spacial score (nSPS) is 10.5. The van der Waals surface area contributed by atoms with E-state index in [2.05, 4.69) is 15.7 Å². The standard InChI is InChI=1S/C19H19FN4O/c1-24-19(15-5-3-2-4-6-15)17(12-23-24)21-13-18(25)22-11-14-7-9-16(20)10-8-14/h2-10,12,21H,11,13H2,1H3,(H,22,25). The summed E-state index contributed by atoms with van der Waals surface area (Å²) in [4.78, 5) is 12.0. The first-order chi connectivity index (χ1) is 12.1. The first kappa shape index (κ1) is 16.7. The summed E-state index contributed by atoms with van der Waals surface area (Å²) >= 11 is 0. The Kier molecular flexibility index (Phi) is 5.09. The number of nitrogens with zero attached hydrogens (tertiary/aromatic N) is 2. The highest BCUT2D eigenvalue weighted by Gasteiger charge is 2.11. The molecular weight excluding hydrogens is 319 g/mol. The van der Waals surface area contributed by atoms with Gasteiger partial charge in [-0.15, -0.1) is 0 Å². The SMILES string of the molecule is Cn1ncc(NCC(=O)NCc2ccc(F)cc2)c1-c1ccccc1. The topological polar surface area (TPSA) is 59.0 Å². The van der Waals surface area contributed by atoms with Crippen molar-refractivity contribution in [1.29, 1.82) is 0 Å². The molecule has 2 aromatic carbocycles. The summed E-state index contributed by atoms with van der Waals surface area (Å²) in [7, 11) is 1.86. The number of rotatable bonds is 6. The molecule has 0 fully saturated rings. The average molecular weight is 338 g/mol. The van der Waals surface area contributed by atoms with Gasteiger partial charge in [0.1, 0.15) is 5.82 Å². The van der Waals surface area contributed by atoms with Gasteiger partial charge in [0.2, 0.25) is 5.91 Å². The molecule has 1 aromatic heterocycles. The molecule has 3 aromatic rings. The van der Waals surface area contributed by atoms with Crippen molar-refractivity contribution in [1.82, 2.24) is 15.1 Å². The monoisotopic (exact) mass is 338 g/mol. The average Bonchev–Trinajstić information content (AvgIpc) is 3.01. The van der Waals surface area contributed by atoms with Gasteiger partial charge in [0.05, 0.1) is 24.1 Å². The van der Waals surface area contributed by atoms with Crippen LogP contribution in [0.25, 0.3) is 11.3 Å². The Bertz CT molecular complexity index is 844. The zero-order chi connectivity index (χ0) is 17.6. The second-order valence-electron chi connectivity index (χ2n) is 5.65. The number of benzene rings is 2. The minimum absolute atomic E-state index is 0.132. The Balaban J connectivity index is 1.58. The van der Waals surface area contributed by atoms with E-state index < -0.39 is 0 Å². The maximum absolute atomic E-state index is 12.9. The fourth-order valence-electron chi connectivity index (χ4n) is 2.55. The van der Waals surface area contributed by atoms with Crippen molar-refractivity contribution in [3.05, 3.63) is 72.2 Å². The molecule has 0 atom stereocenters. The van der Waals surface area contributed by atoms with Crippen molar-refractivity contribution in [3.8, 4) is 11.3 Å². The molecular formula is C19H19FN4O. The number of halogens is 1.